The van der Waals surface area contributed by atoms with Gasteiger partial charge in [0.05, 0.1) is 11.4 Å². The zero-order valence-electron chi connectivity index (χ0n) is 10.2. The van der Waals surface area contributed by atoms with Gasteiger partial charge in [0.25, 0.3) is 0 Å². The fourth-order valence-electron chi connectivity index (χ4n) is 1.14. The molecule has 0 aliphatic rings. The molecule has 0 aliphatic carbocycles. The third-order valence-corrected chi connectivity index (χ3v) is 2.03. The first-order valence-electron chi connectivity index (χ1n) is 5.39. The van der Waals surface area contributed by atoms with Crippen LogP contribution in [0.3, 0.4) is 0 Å². The highest BCUT2D eigenvalue weighted by Gasteiger charge is 2.18. The first-order chi connectivity index (χ1) is 7.52. The van der Waals surface area contributed by atoms with E-state index >= 15 is 0 Å². The molecule has 0 saturated carbocycles. The first kappa shape index (κ1) is 12.4. The molecule has 1 heterocycles. The second-order valence-electron chi connectivity index (χ2n) is 4.14. The molecule has 16 heavy (non-hydrogen) atoms. The Hall–Kier alpha value is -1.65. The summed E-state index contributed by atoms with van der Waals surface area (Å²) in [5, 5.41) is 17.2. The Kier molecular flexibility index (Phi) is 4.22. The average Bonchev–Trinajstić information content (AvgIpc) is 2.26. The molecular formula is C11H18N4O. The molecule has 0 atom stereocenters. The zero-order valence-corrected chi connectivity index (χ0v) is 10.2. The second kappa shape index (κ2) is 5.44. The standard InChI is InChI=1S/C11H18N4O/c1-9(2)14(13-15(16)10(3)4)11-6-5-7-12-8-11/h5-10H,1-4H3. The summed E-state index contributed by atoms with van der Waals surface area (Å²) in [6, 6.07) is 3.65. The fraction of sp³-hybridized carbons (Fsp3) is 0.545. The van der Waals surface area contributed by atoms with E-state index in [1.165, 1.54) is 0 Å². The van der Waals surface area contributed by atoms with Crippen molar-refractivity contribution in [3.8, 4) is 0 Å². The monoisotopic (exact) mass is 222 g/mol. The normalized spacial score (nSPS) is 12.2. The van der Waals surface area contributed by atoms with Crippen LogP contribution >= 0.6 is 0 Å². The predicted octanol–water partition coefficient (Wildman–Crippen LogP) is 2.58. The summed E-state index contributed by atoms with van der Waals surface area (Å²) in [7, 11) is 0. The summed E-state index contributed by atoms with van der Waals surface area (Å²) in [4.78, 5) is 4.72. The Morgan fingerprint density at radius 2 is 2.06 bits per heavy atom. The minimum Gasteiger partial charge on any atom is -0.696 e. The van der Waals surface area contributed by atoms with E-state index in [0.717, 1.165) is 5.69 Å². The van der Waals surface area contributed by atoms with Crippen molar-refractivity contribution in [2.24, 2.45) is 5.22 Å². The third kappa shape index (κ3) is 3.18. The molecular weight excluding hydrogens is 204 g/mol. The molecule has 5 heteroatoms. The fourth-order valence-corrected chi connectivity index (χ4v) is 1.14. The van der Waals surface area contributed by atoms with Crippen molar-refractivity contribution < 1.29 is 4.86 Å². The van der Waals surface area contributed by atoms with Crippen LogP contribution in [-0.2, 0) is 0 Å². The second-order valence-corrected chi connectivity index (χ2v) is 4.14. The van der Waals surface area contributed by atoms with Crippen molar-refractivity contribution in [3.63, 3.8) is 0 Å². The number of anilines is 1. The summed E-state index contributed by atoms with van der Waals surface area (Å²) in [6.45, 7) is 7.56. The SMILES string of the molecule is CC(C)N(N=[N+]([O-])C(C)C)c1cccnc1. The summed E-state index contributed by atoms with van der Waals surface area (Å²) in [5.74, 6) is 0. The third-order valence-electron chi connectivity index (χ3n) is 2.03. The zero-order chi connectivity index (χ0) is 12.1. The smallest absolute Gasteiger partial charge is 0.168 e. The van der Waals surface area contributed by atoms with Crippen LogP contribution in [-0.4, -0.2) is 21.9 Å². The Labute approximate surface area is 96.0 Å². The molecule has 5 nitrogen and oxygen atoms in total. The number of rotatable bonds is 4. The molecule has 1 rings (SSSR count). The van der Waals surface area contributed by atoms with Gasteiger partial charge in [-0.25, -0.2) is 0 Å². The molecule has 0 fully saturated rings. The number of nitrogens with zero attached hydrogens (tertiary/aromatic N) is 4. The Balaban J connectivity index is 2.98. The number of hydrogen-bond acceptors (Lipinski definition) is 3. The van der Waals surface area contributed by atoms with Gasteiger partial charge in [-0.1, -0.05) is 0 Å². The molecule has 0 amide bonds. The van der Waals surface area contributed by atoms with Crippen LogP contribution in [0.5, 0.6) is 0 Å². The van der Waals surface area contributed by atoms with E-state index in [2.05, 4.69) is 10.2 Å². The van der Waals surface area contributed by atoms with Crippen molar-refractivity contribution in [1.82, 2.24) is 4.98 Å². The predicted molar refractivity (Wildman–Crippen MR) is 63.0 cm³/mol. The lowest BCUT2D eigenvalue weighted by molar-refractivity contribution is -0.562. The van der Waals surface area contributed by atoms with Crippen molar-refractivity contribution in [2.45, 2.75) is 39.8 Å². The molecule has 0 aromatic carbocycles. The number of aromatic nitrogens is 1. The molecule has 0 N–H and O–H groups in total. The van der Waals surface area contributed by atoms with Crippen molar-refractivity contribution in [1.29, 1.82) is 0 Å². The maximum atomic E-state index is 11.5. The number of hydroxylamine groups is 1. The lowest BCUT2D eigenvalue weighted by Crippen LogP contribution is -2.28. The van der Waals surface area contributed by atoms with E-state index < -0.39 is 0 Å². The molecule has 1 aromatic rings. The van der Waals surface area contributed by atoms with Crippen LogP contribution in [0.25, 0.3) is 0 Å². The Morgan fingerprint density at radius 3 is 2.50 bits per heavy atom. The van der Waals surface area contributed by atoms with Gasteiger partial charge in [-0.15, -0.1) is 5.01 Å². The highest BCUT2D eigenvalue weighted by Crippen LogP contribution is 2.15. The van der Waals surface area contributed by atoms with E-state index in [4.69, 9.17) is 0 Å². The molecule has 0 aliphatic heterocycles. The van der Waals surface area contributed by atoms with Gasteiger partial charge in [-0.2, -0.15) is 4.86 Å². The maximum Gasteiger partial charge on any atom is 0.168 e. The van der Waals surface area contributed by atoms with E-state index in [9.17, 15) is 5.21 Å². The lowest BCUT2D eigenvalue weighted by atomic mass is 10.3. The summed E-state index contributed by atoms with van der Waals surface area (Å²) in [6.07, 6.45) is 3.39. The summed E-state index contributed by atoms with van der Waals surface area (Å²) in [5.41, 5.74) is 0.819. The van der Waals surface area contributed by atoms with E-state index in [0.29, 0.717) is 4.86 Å². The topological polar surface area (TPSA) is 54.6 Å². The van der Waals surface area contributed by atoms with E-state index in [-0.39, 0.29) is 12.1 Å². The highest BCUT2D eigenvalue weighted by atomic mass is 16.5. The van der Waals surface area contributed by atoms with Gasteiger partial charge in [-0.05, 0) is 39.8 Å². The van der Waals surface area contributed by atoms with Gasteiger partial charge < -0.3 is 5.21 Å². The maximum absolute atomic E-state index is 11.5. The number of hydrogen-bond donors (Lipinski definition) is 0. The molecule has 1 aromatic heterocycles. The van der Waals surface area contributed by atoms with Gasteiger partial charge in [0.1, 0.15) is 12.1 Å². The van der Waals surface area contributed by atoms with Gasteiger partial charge in [-0.3, -0.25) is 4.98 Å². The molecule has 0 bridgehead atoms. The van der Waals surface area contributed by atoms with Crippen LogP contribution in [0.2, 0.25) is 0 Å². The lowest BCUT2D eigenvalue weighted by Gasteiger charge is -2.18. The van der Waals surface area contributed by atoms with Crippen molar-refractivity contribution in [2.75, 3.05) is 5.01 Å². The molecule has 0 radical (unpaired) electrons. The minimum absolute atomic E-state index is 0.111. The van der Waals surface area contributed by atoms with Gasteiger partial charge in [0.2, 0.25) is 0 Å². The minimum atomic E-state index is -0.169. The number of pyridine rings is 1. The van der Waals surface area contributed by atoms with Gasteiger partial charge >= 0.3 is 0 Å². The first-order valence-corrected chi connectivity index (χ1v) is 5.39. The largest absolute Gasteiger partial charge is 0.696 e. The van der Waals surface area contributed by atoms with E-state index in [1.54, 1.807) is 31.3 Å². The molecule has 0 saturated heterocycles. The Morgan fingerprint density at radius 1 is 1.38 bits per heavy atom. The van der Waals surface area contributed by atoms with Gasteiger partial charge in [0.15, 0.2) is 5.69 Å². The van der Waals surface area contributed by atoms with E-state index in [1.807, 2.05) is 26.0 Å². The van der Waals surface area contributed by atoms with Crippen molar-refractivity contribution in [3.05, 3.63) is 29.7 Å². The van der Waals surface area contributed by atoms with Crippen molar-refractivity contribution >= 4 is 5.69 Å². The van der Waals surface area contributed by atoms with Crippen LogP contribution < -0.4 is 5.01 Å². The molecule has 0 unspecified atom stereocenters. The molecule has 0 spiro atoms. The average molecular weight is 222 g/mol. The van der Waals surface area contributed by atoms with Crippen LogP contribution in [0.1, 0.15) is 27.7 Å². The molecule has 88 valence electrons. The quantitative estimate of drug-likeness (QED) is 0.447. The van der Waals surface area contributed by atoms with Crippen LogP contribution in [0.15, 0.2) is 29.7 Å². The Bertz CT molecular complexity index is 348. The summed E-state index contributed by atoms with van der Waals surface area (Å²) < 4.78 is 0. The summed E-state index contributed by atoms with van der Waals surface area (Å²) >= 11 is 0. The van der Waals surface area contributed by atoms with Gasteiger partial charge in [0, 0.05) is 6.20 Å². The van der Waals surface area contributed by atoms with Crippen LogP contribution in [0.4, 0.5) is 5.69 Å². The van der Waals surface area contributed by atoms with Crippen LogP contribution in [0, 0.1) is 5.21 Å². The highest BCUT2D eigenvalue weighted by molar-refractivity contribution is 5.42.